The molecule has 0 radical (unpaired) electrons. The van der Waals surface area contributed by atoms with Crippen LogP contribution in [-0.2, 0) is 42.3 Å². The van der Waals surface area contributed by atoms with E-state index in [0.717, 1.165) is 60.9 Å². The highest BCUT2D eigenvalue weighted by molar-refractivity contribution is 7.90. The maximum absolute atomic E-state index is 12.8. The number of carbonyl (C=O) groups excluding carboxylic acids is 1. The zero-order valence-electron chi connectivity index (χ0n) is 18.4. The highest BCUT2D eigenvalue weighted by Gasteiger charge is 2.27. The smallest absolute Gasteiger partial charge is 0.335 e. The summed E-state index contributed by atoms with van der Waals surface area (Å²) in [6, 6.07) is 8.99. The third kappa shape index (κ3) is 4.28. The summed E-state index contributed by atoms with van der Waals surface area (Å²) in [6.45, 7) is 0.254. The SMILES string of the molecule is O=C(Nc1c2c(cc3c1CCC3)CCC2)NS(=O)(=O)c1ccn(Cc2ccc(C(=O)O)cc2)n1. The van der Waals surface area contributed by atoms with Gasteiger partial charge >= 0.3 is 12.0 Å². The summed E-state index contributed by atoms with van der Waals surface area (Å²) in [6.07, 6.45) is 7.27. The maximum atomic E-state index is 12.8. The first-order valence-electron chi connectivity index (χ1n) is 11.2. The molecule has 3 N–H and O–H groups in total. The van der Waals surface area contributed by atoms with E-state index in [1.807, 2.05) is 0 Å². The van der Waals surface area contributed by atoms with Crippen LogP contribution in [0.15, 0.2) is 47.6 Å². The molecule has 0 unspecified atom stereocenters. The number of nitrogens with one attached hydrogen (secondary N) is 2. The number of nitrogens with zero attached hydrogens (tertiary/aromatic N) is 2. The minimum atomic E-state index is -4.17. The van der Waals surface area contributed by atoms with Crippen LogP contribution in [0.3, 0.4) is 0 Å². The van der Waals surface area contributed by atoms with E-state index in [4.69, 9.17) is 5.11 Å². The molecule has 0 aliphatic heterocycles. The number of aromatic nitrogens is 2. The molecule has 0 spiro atoms. The summed E-state index contributed by atoms with van der Waals surface area (Å²) >= 11 is 0. The fourth-order valence-electron chi connectivity index (χ4n) is 4.79. The Hall–Kier alpha value is -3.66. The first-order valence-corrected chi connectivity index (χ1v) is 12.6. The van der Waals surface area contributed by atoms with Crippen molar-refractivity contribution in [1.82, 2.24) is 14.5 Å². The zero-order valence-corrected chi connectivity index (χ0v) is 19.2. The zero-order chi connectivity index (χ0) is 23.9. The van der Waals surface area contributed by atoms with Crippen LogP contribution in [0.25, 0.3) is 0 Å². The predicted molar refractivity (Wildman–Crippen MR) is 125 cm³/mol. The van der Waals surface area contributed by atoms with Gasteiger partial charge in [-0.1, -0.05) is 18.2 Å². The maximum Gasteiger partial charge on any atom is 0.335 e. The second-order valence-corrected chi connectivity index (χ2v) is 10.3. The third-order valence-corrected chi connectivity index (χ3v) is 7.60. The number of fused-ring (bicyclic) bond motifs is 2. The Morgan fingerprint density at radius 2 is 1.62 bits per heavy atom. The number of hydrogen-bond acceptors (Lipinski definition) is 5. The third-order valence-electron chi connectivity index (χ3n) is 6.38. The van der Waals surface area contributed by atoms with Crippen molar-refractivity contribution >= 4 is 27.7 Å². The van der Waals surface area contributed by atoms with Gasteiger partial charge in [0, 0.05) is 11.9 Å². The Morgan fingerprint density at radius 3 is 2.24 bits per heavy atom. The first kappa shape index (κ1) is 22.1. The minimum absolute atomic E-state index is 0.164. The topological polar surface area (TPSA) is 130 Å². The molecule has 0 atom stereocenters. The molecule has 2 aromatic carbocycles. The van der Waals surface area contributed by atoms with Gasteiger partial charge in [-0.2, -0.15) is 13.5 Å². The average molecular weight is 481 g/mol. The Bertz CT molecular complexity index is 1360. The summed E-state index contributed by atoms with van der Waals surface area (Å²) in [4.78, 5) is 23.7. The van der Waals surface area contributed by atoms with Crippen LogP contribution in [0.5, 0.6) is 0 Å². The first-order chi connectivity index (χ1) is 16.3. The lowest BCUT2D eigenvalue weighted by Crippen LogP contribution is -2.35. The standard InChI is InChI=1S/C24H24N4O5S/c29-23(30)16-9-7-15(8-10-16)14-28-12-11-21(26-28)34(32,33)27-24(31)25-22-19-5-1-3-17(19)13-18-4-2-6-20(18)22/h7-13H,1-6,14H2,(H,29,30)(H2,25,27,31). The number of sulfonamides is 1. The van der Waals surface area contributed by atoms with Crippen molar-refractivity contribution < 1.29 is 23.1 Å². The lowest BCUT2D eigenvalue weighted by atomic mass is 9.99. The summed E-state index contributed by atoms with van der Waals surface area (Å²) in [7, 11) is -4.17. The summed E-state index contributed by atoms with van der Waals surface area (Å²) in [5, 5.41) is 15.6. The Labute approximate surface area is 196 Å². The molecule has 176 valence electrons. The van der Waals surface area contributed by atoms with Gasteiger partial charge in [0.25, 0.3) is 10.0 Å². The van der Waals surface area contributed by atoms with Crippen molar-refractivity contribution in [3.8, 4) is 0 Å². The molecule has 0 bridgehead atoms. The molecule has 1 heterocycles. The summed E-state index contributed by atoms with van der Waals surface area (Å²) in [5.74, 6) is -1.02. The van der Waals surface area contributed by atoms with E-state index in [0.29, 0.717) is 0 Å². The van der Waals surface area contributed by atoms with Gasteiger partial charge in [-0.3, -0.25) is 4.68 Å². The van der Waals surface area contributed by atoms with Crippen LogP contribution in [0.2, 0.25) is 0 Å². The second-order valence-electron chi connectivity index (χ2n) is 8.65. The van der Waals surface area contributed by atoms with E-state index >= 15 is 0 Å². The van der Waals surface area contributed by atoms with E-state index in [2.05, 4.69) is 21.2 Å². The van der Waals surface area contributed by atoms with Gasteiger partial charge in [0.1, 0.15) is 0 Å². The van der Waals surface area contributed by atoms with Crippen LogP contribution >= 0.6 is 0 Å². The van der Waals surface area contributed by atoms with Crippen molar-refractivity contribution in [1.29, 1.82) is 0 Å². The molecule has 0 saturated carbocycles. The van der Waals surface area contributed by atoms with Crippen LogP contribution in [0.1, 0.15) is 51.0 Å². The van der Waals surface area contributed by atoms with Crippen LogP contribution < -0.4 is 10.0 Å². The largest absolute Gasteiger partial charge is 0.478 e. The van der Waals surface area contributed by atoms with Gasteiger partial charge in [-0.25, -0.2) is 14.3 Å². The van der Waals surface area contributed by atoms with Crippen molar-refractivity contribution in [2.75, 3.05) is 5.32 Å². The molecule has 0 saturated heterocycles. The molecule has 2 aliphatic rings. The number of benzene rings is 2. The number of aryl methyl sites for hydroxylation is 2. The van der Waals surface area contributed by atoms with E-state index in [1.54, 1.807) is 12.1 Å². The van der Waals surface area contributed by atoms with Gasteiger partial charge in [0.15, 0.2) is 5.03 Å². The quantitative estimate of drug-likeness (QED) is 0.497. The number of carboxylic acid groups (broad SMARTS) is 1. The summed E-state index contributed by atoms with van der Waals surface area (Å²) < 4.78 is 29.0. The lowest BCUT2D eigenvalue weighted by molar-refractivity contribution is 0.0697. The van der Waals surface area contributed by atoms with Crippen molar-refractivity contribution in [3.63, 3.8) is 0 Å². The fraction of sp³-hybridized carbons (Fsp3) is 0.292. The molecule has 0 fully saturated rings. The molecule has 5 rings (SSSR count). The molecular formula is C24H24N4O5S. The molecule has 2 aliphatic carbocycles. The van der Waals surface area contributed by atoms with Crippen LogP contribution in [0.4, 0.5) is 10.5 Å². The van der Waals surface area contributed by atoms with Gasteiger partial charge in [0.2, 0.25) is 0 Å². The molecule has 3 aromatic rings. The van der Waals surface area contributed by atoms with Gasteiger partial charge < -0.3 is 10.4 Å². The highest BCUT2D eigenvalue weighted by Crippen LogP contribution is 2.38. The molecule has 34 heavy (non-hydrogen) atoms. The molecule has 2 amide bonds. The number of anilines is 1. The normalized spacial score (nSPS) is 14.5. The number of carboxylic acids is 1. The number of rotatable bonds is 6. The van der Waals surface area contributed by atoms with E-state index < -0.39 is 22.0 Å². The molecule has 1 aromatic heterocycles. The second kappa shape index (κ2) is 8.60. The van der Waals surface area contributed by atoms with E-state index in [1.165, 1.54) is 40.2 Å². The van der Waals surface area contributed by atoms with Crippen molar-refractivity contribution in [2.24, 2.45) is 0 Å². The minimum Gasteiger partial charge on any atom is -0.478 e. The molecule has 10 heteroatoms. The highest BCUT2D eigenvalue weighted by atomic mass is 32.2. The number of aromatic carboxylic acids is 1. The molecular weight excluding hydrogens is 456 g/mol. The predicted octanol–water partition coefficient (Wildman–Crippen LogP) is 3.12. The number of amides is 2. The van der Waals surface area contributed by atoms with E-state index in [-0.39, 0.29) is 17.1 Å². The average Bonchev–Trinajstić information content (AvgIpc) is 3.54. The number of carbonyl (C=O) groups is 2. The van der Waals surface area contributed by atoms with E-state index in [9.17, 15) is 18.0 Å². The Morgan fingerprint density at radius 1 is 0.971 bits per heavy atom. The number of urea groups is 1. The Balaban J connectivity index is 1.29. The van der Waals surface area contributed by atoms with Gasteiger partial charge in [-0.05, 0) is 84.5 Å². The number of hydrogen-bond donors (Lipinski definition) is 3. The summed E-state index contributed by atoms with van der Waals surface area (Å²) in [5.41, 5.74) is 6.41. The lowest BCUT2D eigenvalue weighted by Gasteiger charge is -2.16. The van der Waals surface area contributed by atoms with Gasteiger partial charge in [-0.15, -0.1) is 0 Å². The van der Waals surface area contributed by atoms with Crippen molar-refractivity contribution in [2.45, 2.75) is 50.1 Å². The van der Waals surface area contributed by atoms with Gasteiger partial charge in [0.05, 0.1) is 12.1 Å². The Kier molecular flexibility index (Phi) is 5.60. The van der Waals surface area contributed by atoms with Crippen molar-refractivity contribution in [3.05, 3.63) is 76.0 Å². The molecule has 9 nitrogen and oxygen atoms in total. The monoisotopic (exact) mass is 480 g/mol. The fourth-order valence-corrected chi connectivity index (χ4v) is 5.65. The van der Waals surface area contributed by atoms with Crippen LogP contribution in [0, 0.1) is 0 Å². The van der Waals surface area contributed by atoms with Crippen LogP contribution in [-0.4, -0.2) is 35.3 Å².